The van der Waals surface area contributed by atoms with Crippen molar-refractivity contribution in [3.63, 3.8) is 0 Å². The van der Waals surface area contributed by atoms with Crippen LogP contribution in [0.25, 0.3) is 10.6 Å². The third-order valence-corrected chi connectivity index (χ3v) is 5.46. The molecule has 1 amide bonds. The topological polar surface area (TPSA) is 59.5 Å². The highest BCUT2D eigenvalue weighted by Gasteiger charge is 2.31. The van der Waals surface area contributed by atoms with E-state index >= 15 is 0 Å². The van der Waals surface area contributed by atoms with Gasteiger partial charge in [-0.1, -0.05) is 11.2 Å². The second kappa shape index (κ2) is 6.88. The van der Waals surface area contributed by atoms with Gasteiger partial charge in [-0.05, 0) is 43.3 Å². The van der Waals surface area contributed by atoms with Gasteiger partial charge in [0.2, 0.25) is 5.91 Å². The second-order valence-corrected chi connectivity index (χ2v) is 7.30. The summed E-state index contributed by atoms with van der Waals surface area (Å²) in [5.74, 6) is 2.66. The number of aryl methyl sites for hydroxylation is 2. The smallest absolute Gasteiger partial charge is 0.223 e. The minimum absolute atomic E-state index is 0.0447. The Kier molecular flexibility index (Phi) is 4.44. The summed E-state index contributed by atoms with van der Waals surface area (Å²) in [5.41, 5.74) is 0.862. The molecule has 130 valence electrons. The van der Waals surface area contributed by atoms with Crippen LogP contribution in [0.1, 0.15) is 42.5 Å². The lowest BCUT2D eigenvalue weighted by Gasteiger charge is -2.22. The van der Waals surface area contributed by atoms with Crippen LogP contribution in [0.15, 0.2) is 44.7 Å². The van der Waals surface area contributed by atoms with Gasteiger partial charge >= 0.3 is 0 Å². The molecular weight excluding hydrogens is 336 g/mol. The number of nitrogens with zero attached hydrogens (tertiary/aromatic N) is 2. The van der Waals surface area contributed by atoms with E-state index in [2.05, 4.69) is 5.16 Å². The molecule has 1 aliphatic heterocycles. The highest BCUT2D eigenvalue weighted by atomic mass is 32.1. The van der Waals surface area contributed by atoms with E-state index in [1.54, 1.807) is 11.3 Å². The highest BCUT2D eigenvalue weighted by molar-refractivity contribution is 7.13. The van der Waals surface area contributed by atoms with Crippen molar-refractivity contribution in [1.29, 1.82) is 0 Å². The molecule has 1 fully saturated rings. The molecule has 6 heteroatoms. The molecule has 3 aromatic rings. The first-order chi connectivity index (χ1) is 12.2. The highest BCUT2D eigenvalue weighted by Crippen LogP contribution is 2.32. The number of furan rings is 1. The van der Waals surface area contributed by atoms with Gasteiger partial charge in [0.15, 0.2) is 0 Å². The number of hydrogen-bond donors (Lipinski definition) is 0. The van der Waals surface area contributed by atoms with Gasteiger partial charge in [0.25, 0.3) is 0 Å². The molecule has 0 spiro atoms. The van der Waals surface area contributed by atoms with E-state index in [9.17, 15) is 4.79 Å². The van der Waals surface area contributed by atoms with Crippen LogP contribution in [-0.2, 0) is 11.2 Å². The molecule has 0 N–H and O–H groups in total. The van der Waals surface area contributed by atoms with E-state index in [-0.39, 0.29) is 11.9 Å². The molecule has 25 heavy (non-hydrogen) atoms. The minimum atomic E-state index is 0.0447. The van der Waals surface area contributed by atoms with Gasteiger partial charge < -0.3 is 13.8 Å². The first-order valence-electron chi connectivity index (χ1n) is 8.56. The molecule has 0 bridgehead atoms. The van der Waals surface area contributed by atoms with Gasteiger partial charge in [0.05, 0.1) is 10.9 Å². The zero-order valence-corrected chi connectivity index (χ0v) is 14.9. The number of likely N-dealkylation sites (tertiary alicyclic amines) is 1. The Labute approximate surface area is 150 Å². The summed E-state index contributed by atoms with van der Waals surface area (Å²) in [5, 5.41) is 6.12. The Morgan fingerprint density at radius 1 is 1.40 bits per heavy atom. The third kappa shape index (κ3) is 3.39. The molecule has 1 aliphatic rings. The summed E-state index contributed by atoms with van der Waals surface area (Å²) < 4.78 is 11.0. The van der Waals surface area contributed by atoms with E-state index in [4.69, 9.17) is 8.94 Å². The van der Waals surface area contributed by atoms with E-state index in [0.29, 0.717) is 12.8 Å². The van der Waals surface area contributed by atoms with E-state index in [1.807, 2.05) is 47.5 Å². The molecule has 0 saturated carbocycles. The van der Waals surface area contributed by atoms with Crippen LogP contribution in [-0.4, -0.2) is 22.5 Å². The molecule has 3 aromatic heterocycles. The normalized spacial score (nSPS) is 17.3. The maximum Gasteiger partial charge on any atom is 0.223 e. The van der Waals surface area contributed by atoms with Crippen LogP contribution in [0.3, 0.4) is 0 Å². The molecule has 5 nitrogen and oxygen atoms in total. The van der Waals surface area contributed by atoms with Crippen LogP contribution in [0.5, 0.6) is 0 Å². The predicted octanol–water partition coefficient (Wildman–Crippen LogP) is 4.60. The van der Waals surface area contributed by atoms with Crippen molar-refractivity contribution < 1.29 is 13.7 Å². The number of carbonyl (C=O) groups is 1. The van der Waals surface area contributed by atoms with Crippen LogP contribution < -0.4 is 0 Å². The minimum Gasteiger partial charge on any atom is -0.460 e. The zero-order valence-electron chi connectivity index (χ0n) is 14.1. The number of aromatic nitrogens is 1. The van der Waals surface area contributed by atoms with Crippen molar-refractivity contribution in [3.8, 4) is 10.6 Å². The van der Waals surface area contributed by atoms with E-state index in [0.717, 1.165) is 47.2 Å². The molecule has 4 heterocycles. The van der Waals surface area contributed by atoms with Crippen molar-refractivity contribution in [2.75, 3.05) is 6.54 Å². The fourth-order valence-electron chi connectivity index (χ4n) is 3.35. The monoisotopic (exact) mass is 356 g/mol. The molecule has 0 radical (unpaired) electrons. The quantitative estimate of drug-likeness (QED) is 0.670. The first-order valence-corrected chi connectivity index (χ1v) is 9.44. The molecule has 1 saturated heterocycles. The number of carbonyl (C=O) groups excluding carboxylic acids is 1. The summed E-state index contributed by atoms with van der Waals surface area (Å²) in [4.78, 5) is 15.7. The molecule has 4 rings (SSSR count). The van der Waals surface area contributed by atoms with Gasteiger partial charge in [-0.15, -0.1) is 11.3 Å². The average molecular weight is 356 g/mol. The van der Waals surface area contributed by atoms with Crippen LogP contribution in [0.4, 0.5) is 0 Å². The first kappa shape index (κ1) is 16.1. The Bertz CT molecular complexity index is 850. The number of amides is 1. The zero-order chi connectivity index (χ0) is 17.2. The van der Waals surface area contributed by atoms with Gasteiger partial charge in [-0.3, -0.25) is 4.79 Å². The Balaban J connectivity index is 1.38. The molecular formula is C19H20N2O3S. The van der Waals surface area contributed by atoms with E-state index in [1.165, 1.54) is 0 Å². The van der Waals surface area contributed by atoms with Gasteiger partial charge in [-0.25, -0.2) is 0 Å². The van der Waals surface area contributed by atoms with Crippen molar-refractivity contribution in [1.82, 2.24) is 10.1 Å². The van der Waals surface area contributed by atoms with Gasteiger partial charge in [0, 0.05) is 25.5 Å². The average Bonchev–Trinajstić information content (AvgIpc) is 3.38. The maximum atomic E-state index is 12.7. The van der Waals surface area contributed by atoms with Crippen LogP contribution in [0.2, 0.25) is 0 Å². The summed E-state index contributed by atoms with van der Waals surface area (Å²) in [6, 6.07) is 9.95. The van der Waals surface area contributed by atoms with Crippen molar-refractivity contribution in [2.45, 2.75) is 38.6 Å². The second-order valence-electron chi connectivity index (χ2n) is 6.35. The Morgan fingerprint density at radius 2 is 2.32 bits per heavy atom. The summed E-state index contributed by atoms with van der Waals surface area (Å²) in [6.45, 7) is 2.66. The van der Waals surface area contributed by atoms with E-state index < -0.39 is 0 Å². The largest absolute Gasteiger partial charge is 0.460 e. The maximum absolute atomic E-state index is 12.7. The van der Waals surface area contributed by atoms with Gasteiger partial charge in [0.1, 0.15) is 23.0 Å². The van der Waals surface area contributed by atoms with Gasteiger partial charge in [-0.2, -0.15) is 0 Å². The van der Waals surface area contributed by atoms with Crippen LogP contribution in [0, 0.1) is 6.92 Å². The number of thiophene rings is 1. The summed E-state index contributed by atoms with van der Waals surface area (Å²) in [7, 11) is 0. The third-order valence-electron chi connectivity index (χ3n) is 4.57. The summed E-state index contributed by atoms with van der Waals surface area (Å²) >= 11 is 1.65. The standard InChI is InChI=1S/C19H20N2O3S/c1-13-12-15(20-24-13)16-4-2-10-21(16)19(22)9-7-14-6-8-17(23-14)18-5-3-11-25-18/h3,5-6,8,11-12,16H,2,4,7,9-10H2,1H3/t16-/m1/s1. The lowest BCUT2D eigenvalue weighted by atomic mass is 10.1. The molecule has 0 aromatic carbocycles. The number of hydrogen-bond acceptors (Lipinski definition) is 5. The van der Waals surface area contributed by atoms with Crippen LogP contribution >= 0.6 is 11.3 Å². The Morgan fingerprint density at radius 3 is 3.08 bits per heavy atom. The molecule has 1 atom stereocenters. The SMILES string of the molecule is Cc1cc([C@H]2CCCN2C(=O)CCc2ccc(-c3cccs3)o2)no1. The molecule has 0 aliphatic carbocycles. The van der Waals surface area contributed by atoms with Crippen molar-refractivity contribution in [2.24, 2.45) is 0 Å². The fourth-order valence-corrected chi connectivity index (χ4v) is 4.04. The lowest BCUT2D eigenvalue weighted by Crippen LogP contribution is -2.30. The predicted molar refractivity (Wildman–Crippen MR) is 95.3 cm³/mol. The molecule has 0 unspecified atom stereocenters. The van der Waals surface area contributed by atoms with Crippen molar-refractivity contribution >= 4 is 17.2 Å². The number of rotatable bonds is 5. The summed E-state index contributed by atoms with van der Waals surface area (Å²) in [6.07, 6.45) is 3.02. The lowest BCUT2D eigenvalue weighted by molar-refractivity contribution is -0.132. The van der Waals surface area contributed by atoms with Crippen molar-refractivity contribution in [3.05, 3.63) is 52.9 Å². The Hall–Kier alpha value is -2.34. The fraction of sp³-hybridized carbons (Fsp3) is 0.368.